The van der Waals surface area contributed by atoms with Crippen molar-refractivity contribution < 1.29 is 23.9 Å². The molecule has 0 aliphatic heterocycles. The highest BCUT2D eigenvalue weighted by Gasteiger charge is 2.15. The lowest BCUT2D eigenvalue weighted by atomic mass is 10.2. The van der Waals surface area contributed by atoms with Crippen LogP contribution in [-0.2, 0) is 14.1 Å². The molecule has 5 nitrogen and oxygen atoms in total. The van der Waals surface area contributed by atoms with Gasteiger partial charge in [0.1, 0.15) is 5.94 Å². The molecule has 0 spiro atoms. The highest BCUT2D eigenvalue weighted by atomic mass is 32.7. The highest BCUT2D eigenvalue weighted by Crippen LogP contribution is 2.49. The molecule has 0 heterocycles. The summed E-state index contributed by atoms with van der Waals surface area (Å²) in [4.78, 5) is 27.4. The predicted molar refractivity (Wildman–Crippen MR) is 45.4 cm³/mol. The fourth-order valence-corrected chi connectivity index (χ4v) is 1.20. The summed E-state index contributed by atoms with van der Waals surface area (Å²) >= 11 is 0.303. The lowest BCUT2D eigenvalue weighted by Gasteiger charge is -2.06. The quantitative estimate of drug-likeness (QED) is 0.412. The molecule has 0 rings (SSSR count). The molecule has 72 valence electrons. The SMILES string of the molecule is CC(C)C(=O)OCSP(=O)(O)O. The summed E-state index contributed by atoms with van der Waals surface area (Å²) in [5, 5.41) is 0. The standard InChI is InChI=1S/C5H11O5PS/c1-4(2)5(6)10-3-12-11(7,8)9/h4H,3H2,1-2H3,(H2,7,8,9). The van der Waals surface area contributed by atoms with E-state index in [9.17, 15) is 9.36 Å². The average Bonchev–Trinajstić information content (AvgIpc) is 1.84. The van der Waals surface area contributed by atoms with Crippen LogP contribution >= 0.6 is 18.2 Å². The van der Waals surface area contributed by atoms with Crippen LogP contribution in [0.2, 0.25) is 0 Å². The van der Waals surface area contributed by atoms with Crippen molar-refractivity contribution in [2.24, 2.45) is 5.92 Å². The number of rotatable bonds is 4. The van der Waals surface area contributed by atoms with Gasteiger partial charge in [-0.25, -0.2) is 4.57 Å². The van der Waals surface area contributed by atoms with Gasteiger partial charge in [0, 0.05) is 11.4 Å². The van der Waals surface area contributed by atoms with Crippen molar-refractivity contribution in [1.29, 1.82) is 0 Å². The molecule has 0 bridgehead atoms. The molecule has 0 saturated heterocycles. The van der Waals surface area contributed by atoms with E-state index in [0.717, 1.165) is 0 Å². The molecule has 0 aromatic carbocycles. The van der Waals surface area contributed by atoms with Crippen LogP contribution in [0, 0.1) is 5.92 Å². The third-order valence-electron chi connectivity index (χ3n) is 0.893. The van der Waals surface area contributed by atoms with Crippen LogP contribution in [-0.4, -0.2) is 21.7 Å². The van der Waals surface area contributed by atoms with Gasteiger partial charge in [0.2, 0.25) is 0 Å². The molecular formula is C5H11O5PS. The zero-order valence-corrected chi connectivity index (χ0v) is 8.47. The van der Waals surface area contributed by atoms with E-state index in [4.69, 9.17) is 9.79 Å². The van der Waals surface area contributed by atoms with E-state index in [2.05, 4.69) is 4.74 Å². The first-order chi connectivity index (χ1) is 5.33. The molecule has 7 heteroatoms. The van der Waals surface area contributed by atoms with Crippen molar-refractivity contribution in [2.75, 3.05) is 5.94 Å². The molecular weight excluding hydrogens is 203 g/mol. The number of esters is 1. The number of hydrogen-bond donors (Lipinski definition) is 2. The number of carbonyl (C=O) groups excluding carboxylic acids is 1. The first kappa shape index (κ1) is 12.0. The van der Waals surface area contributed by atoms with Crippen molar-refractivity contribution in [3.8, 4) is 0 Å². The van der Waals surface area contributed by atoms with Crippen molar-refractivity contribution in [3.05, 3.63) is 0 Å². The van der Waals surface area contributed by atoms with Gasteiger partial charge in [0.05, 0.1) is 5.92 Å². The summed E-state index contributed by atoms with van der Waals surface area (Å²) in [5.41, 5.74) is 0. The summed E-state index contributed by atoms with van der Waals surface area (Å²) in [6.07, 6.45) is 0. The summed E-state index contributed by atoms with van der Waals surface area (Å²) in [6, 6.07) is 0. The minimum Gasteiger partial charge on any atom is -0.454 e. The summed E-state index contributed by atoms with van der Waals surface area (Å²) in [5.74, 6) is -1.04. The third-order valence-corrected chi connectivity index (χ3v) is 2.78. The normalized spacial score (nSPS) is 11.8. The Balaban J connectivity index is 3.58. The first-order valence-corrected chi connectivity index (χ1v) is 6.40. The van der Waals surface area contributed by atoms with Gasteiger partial charge in [-0.05, 0) is 0 Å². The maximum Gasteiger partial charge on any atom is 0.387 e. The van der Waals surface area contributed by atoms with Crippen LogP contribution in [0.5, 0.6) is 0 Å². The average molecular weight is 214 g/mol. The van der Waals surface area contributed by atoms with Crippen molar-refractivity contribution in [2.45, 2.75) is 13.8 Å². The fourth-order valence-electron chi connectivity index (χ4n) is 0.320. The largest absolute Gasteiger partial charge is 0.454 e. The van der Waals surface area contributed by atoms with E-state index in [1.165, 1.54) is 0 Å². The van der Waals surface area contributed by atoms with Crippen LogP contribution in [0.15, 0.2) is 0 Å². The second-order valence-corrected chi connectivity index (χ2v) is 6.03. The van der Waals surface area contributed by atoms with Gasteiger partial charge in [0.25, 0.3) is 0 Å². The molecule has 0 amide bonds. The maximum absolute atomic E-state index is 10.7. The monoisotopic (exact) mass is 214 g/mol. The summed E-state index contributed by atoms with van der Waals surface area (Å²) in [7, 11) is 0. The summed E-state index contributed by atoms with van der Waals surface area (Å²) in [6.45, 7) is -0.826. The van der Waals surface area contributed by atoms with E-state index in [-0.39, 0.29) is 11.9 Å². The highest BCUT2D eigenvalue weighted by molar-refractivity contribution is 8.54. The first-order valence-electron chi connectivity index (χ1n) is 3.19. The lowest BCUT2D eigenvalue weighted by molar-refractivity contribution is -0.144. The smallest absolute Gasteiger partial charge is 0.387 e. The Kier molecular flexibility index (Phi) is 4.85. The van der Waals surface area contributed by atoms with Crippen LogP contribution in [0.4, 0.5) is 0 Å². The van der Waals surface area contributed by atoms with Gasteiger partial charge >= 0.3 is 12.8 Å². The van der Waals surface area contributed by atoms with Crippen molar-refractivity contribution >= 4 is 24.1 Å². The molecule has 0 aliphatic rings. The van der Waals surface area contributed by atoms with Crippen molar-refractivity contribution in [3.63, 3.8) is 0 Å². The maximum atomic E-state index is 10.7. The Bertz CT molecular complexity index is 198. The summed E-state index contributed by atoms with van der Waals surface area (Å²) < 4.78 is 14.8. The molecule has 0 fully saturated rings. The third kappa shape index (κ3) is 6.67. The molecule has 0 atom stereocenters. The minimum atomic E-state index is -4.11. The molecule has 12 heavy (non-hydrogen) atoms. The van der Waals surface area contributed by atoms with Gasteiger partial charge in [-0.1, -0.05) is 13.8 Å². The van der Waals surface area contributed by atoms with Gasteiger partial charge in [0.15, 0.2) is 0 Å². The Morgan fingerprint density at radius 3 is 2.42 bits per heavy atom. The second-order valence-electron chi connectivity index (χ2n) is 2.36. The fraction of sp³-hybridized carbons (Fsp3) is 0.800. The number of hydrogen-bond acceptors (Lipinski definition) is 4. The van der Waals surface area contributed by atoms with Crippen LogP contribution < -0.4 is 0 Å². The molecule has 0 aliphatic carbocycles. The minimum absolute atomic E-state index is 0.276. The predicted octanol–water partition coefficient (Wildman–Crippen LogP) is 0.969. The van der Waals surface area contributed by atoms with E-state index in [0.29, 0.717) is 11.4 Å². The Morgan fingerprint density at radius 1 is 1.58 bits per heavy atom. The number of carbonyl (C=O) groups is 1. The Labute approximate surface area is 74.4 Å². The van der Waals surface area contributed by atoms with Gasteiger partial charge in [-0.2, -0.15) is 0 Å². The van der Waals surface area contributed by atoms with Gasteiger partial charge in [-0.15, -0.1) is 0 Å². The molecule has 0 unspecified atom stereocenters. The topological polar surface area (TPSA) is 83.8 Å². The van der Waals surface area contributed by atoms with Crippen LogP contribution in [0.25, 0.3) is 0 Å². The van der Waals surface area contributed by atoms with Gasteiger partial charge in [-0.3, -0.25) is 4.79 Å². The zero-order valence-electron chi connectivity index (χ0n) is 6.76. The van der Waals surface area contributed by atoms with E-state index >= 15 is 0 Å². The van der Waals surface area contributed by atoms with E-state index < -0.39 is 12.8 Å². The van der Waals surface area contributed by atoms with Gasteiger partial charge < -0.3 is 14.5 Å². The lowest BCUT2D eigenvalue weighted by Crippen LogP contribution is -2.10. The molecule has 0 aromatic rings. The zero-order chi connectivity index (χ0) is 9.78. The second kappa shape index (κ2) is 4.87. The molecule has 0 radical (unpaired) electrons. The molecule has 0 aromatic heterocycles. The molecule has 2 N–H and O–H groups in total. The van der Waals surface area contributed by atoms with Crippen LogP contribution in [0.1, 0.15) is 13.8 Å². The molecule has 0 saturated carbocycles. The Hall–Kier alpha value is -0.0300. The Morgan fingerprint density at radius 2 is 2.08 bits per heavy atom. The van der Waals surface area contributed by atoms with Crippen LogP contribution in [0.3, 0.4) is 0 Å². The number of ether oxygens (including phenoxy) is 1. The van der Waals surface area contributed by atoms with E-state index in [1.54, 1.807) is 13.8 Å². The van der Waals surface area contributed by atoms with Crippen molar-refractivity contribution in [1.82, 2.24) is 0 Å². The van der Waals surface area contributed by atoms with E-state index in [1.807, 2.05) is 0 Å².